The van der Waals surface area contributed by atoms with Crippen molar-refractivity contribution in [3.05, 3.63) is 23.9 Å². The van der Waals surface area contributed by atoms with E-state index in [1.165, 1.54) is 25.9 Å². The highest BCUT2D eigenvalue weighted by molar-refractivity contribution is 5.39. The van der Waals surface area contributed by atoms with Crippen LogP contribution in [0.4, 0.5) is 5.82 Å². The van der Waals surface area contributed by atoms with E-state index in [9.17, 15) is 0 Å². The van der Waals surface area contributed by atoms with Gasteiger partial charge < -0.3 is 4.90 Å². The molecule has 1 aromatic heterocycles. The Hall–Kier alpha value is -1.05. The van der Waals surface area contributed by atoms with Crippen LogP contribution in [0, 0.1) is 6.92 Å². The van der Waals surface area contributed by atoms with E-state index in [0.29, 0.717) is 0 Å². The first kappa shape index (κ1) is 11.0. The first-order chi connectivity index (χ1) is 6.86. The monoisotopic (exact) mass is 192 g/mol. The van der Waals surface area contributed by atoms with E-state index in [4.69, 9.17) is 0 Å². The van der Waals surface area contributed by atoms with E-state index < -0.39 is 0 Å². The minimum atomic E-state index is 1.11. The zero-order chi connectivity index (χ0) is 10.4. The van der Waals surface area contributed by atoms with Crippen molar-refractivity contribution in [1.29, 1.82) is 0 Å². The topological polar surface area (TPSA) is 16.1 Å². The van der Waals surface area contributed by atoms with Gasteiger partial charge in [0.25, 0.3) is 0 Å². The van der Waals surface area contributed by atoms with Gasteiger partial charge in [-0.1, -0.05) is 19.9 Å². The molecule has 0 aliphatic carbocycles. The number of hydrogen-bond acceptors (Lipinski definition) is 2. The van der Waals surface area contributed by atoms with E-state index in [0.717, 1.165) is 11.5 Å². The fraction of sp³-hybridized carbons (Fsp3) is 0.583. The molecule has 0 bridgehead atoms. The summed E-state index contributed by atoms with van der Waals surface area (Å²) in [4.78, 5) is 6.84. The van der Waals surface area contributed by atoms with E-state index in [1.54, 1.807) is 0 Å². The van der Waals surface area contributed by atoms with Crippen molar-refractivity contribution in [3.8, 4) is 0 Å². The Labute approximate surface area is 87.0 Å². The second-order valence-electron chi connectivity index (χ2n) is 3.33. The SMILES string of the molecule is CC.Cc1cccc(N2CCCC2)n1. The van der Waals surface area contributed by atoms with Gasteiger partial charge in [-0.3, -0.25) is 0 Å². The van der Waals surface area contributed by atoms with E-state index in [-0.39, 0.29) is 0 Å². The number of aryl methyl sites for hydroxylation is 1. The highest BCUT2D eigenvalue weighted by Crippen LogP contribution is 2.17. The van der Waals surface area contributed by atoms with Crippen LogP contribution >= 0.6 is 0 Å². The predicted octanol–water partition coefficient (Wildman–Crippen LogP) is 3.02. The molecule has 0 radical (unpaired) electrons. The van der Waals surface area contributed by atoms with Gasteiger partial charge >= 0.3 is 0 Å². The molecule has 14 heavy (non-hydrogen) atoms. The van der Waals surface area contributed by atoms with E-state index in [1.807, 2.05) is 26.8 Å². The van der Waals surface area contributed by atoms with Gasteiger partial charge in [-0.05, 0) is 31.9 Å². The van der Waals surface area contributed by atoms with Crippen LogP contribution in [0.15, 0.2) is 18.2 Å². The summed E-state index contributed by atoms with van der Waals surface area (Å²) < 4.78 is 0. The summed E-state index contributed by atoms with van der Waals surface area (Å²) in [5.74, 6) is 1.15. The van der Waals surface area contributed by atoms with Crippen LogP contribution in [-0.4, -0.2) is 18.1 Å². The first-order valence-corrected chi connectivity index (χ1v) is 5.55. The molecule has 78 valence electrons. The Morgan fingerprint density at radius 3 is 2.36 bits per heavy atom. The highest BCUT2D eigenvalue weighted by Gasteiger charge is 2.12. The van der Waals surface area contributed by atoms with Gasteiger partial charge in [0.15, 0.2) is 0 Å². The average Bonchev–Trinajstić information content (AvgIpc) is 2.74. The van der Waals surface area contributed by atoms with Crippen molar-refractivity contribution in [1.82, 2.24) is 4.98 Å². The number of nitrogens with zero attached hydrogens (tertiary/aromatic N) is 2. The van der Waals surface area contributed by atoms with Crippen LogP contribution in [0.5, 0.6) is 0 Å². The molecule has 1 aliphatic heterocycles. The molecule has 2 nitrogen and oxygen atoms in total. The largest absolute Gasteiger partial charge is 0.357 e. The molecule has 0 saturated carbocycles. The third-order valence-electron chi connectivity index (χ3n) is 2.30. The van der Waals surface area contributed by atoms with Gasteiger partial charge in [0, 0.05) is 18.8 Å². The lowest BCUT2D eigenvalue weighted by atomic mass is 10.3. The van der Waals surface area contributed by atoms with E-state index >= 15 is 0 Å². The Balaban J connectivity index is 0.000000461. The minimum absolute atomic E-state index is 1.11. The Bertz CT molecular complexity index is 265. The molecule has 0 aromatic carbocycles. The third-order valence-corrected chi connectivity index (χ3v) is 2.30. The maximum absolute atomic E-state index is 4.48. The average molecular weight is 192 g/mol. The van der Waals surface area contributed by atoms with Crippen LogP contribution in [0.2, 0.25) is 0 Å². The molecular weight excluding hydrogens is 172 g/mol. The standard InChI is InChI=1S/C10H14N2.C2H6/c1-9-5-4-6-10(11-9)12-7-2-3-8-12;1-2/h4-6H,2-3,7-8H2,1H3;1-2H3. The lowest BCUT2D eigenvalue weighted by Gasteiger charge is -2.15. The molecule has 0 N–H and O–H groups in total. The Morgan fingerprint density at radius 1 is 1.14 bits per heavy atom. The van der Waals surface area contributed by atoms with Crippen molar-refractivity contribution in [2.24, 2.45) is 0 Å². The molecule has 1 aliphatic rings. The molecule has 0 unspecified atom stereocenters. The molecule has 0 amide bonds. The number of pyridine rings is 1. The molecule has 0 spiro atoms. The Kier molecular flexibility index (Phi) is 4.44. The summed E-state index contributed by atoms with van der Waals surface area (Å²) >= 11 is 0. The van der Waals surface area contributed by atoms with Crippen molar-refractivity contribution in [2.45, 2.75) is 33.6 Å². The summed E-state index contributed by atoms with van der Waals surface area (Å²) in [7, 11) is 0. The molecule has 0 atom stereocenters. The lowest BCUT2D eigenvalue weighted by Crippen LogP contribution is -2.18. The van der Waals surface area contributed by atoms with Gasteiger partial charge in [-0.25, -0.2) is 4.98 Å². The Morgan fingerprint density at radius 2 is 1.79 bits per heavy atom. The van der Waals surface area contributed by atoms with Crippen LogP contribution < -0.4 is 4.90 Å². The second kappa shape index (κ2) is 5.63. The van der Waals surface area contributed by atoms with Gasteiger partial charge in [0.2, 0.25) is 0 Å². The molecular formula is C12H20N2. The number of aromatic nitrogens is 1. The van der Waals surface area contributed by atoms with Gasteiger partial charge in [-0.2, -0.15) is 0 Å². The molecule has 2 heterocycles. The van der Waals surface area contributed by atoms with Crippen LogP contribution in [-0.2, 0) is 0 Å². The smallest absolute Gasteiger partial charge is 0.128 e. The van der Waals surface area contributed by atoms with Crippen molar-refractivity contribution < 1.29 is 0 Å². The summed E-state index contributed by atoms with van der Waals surface area (Å²) in [5, 5.41) is 0. The number of anilines is 1. The fourth-order valence-electron chi connectivity index (χ4n) is 1.65. The molecule has 1 saturated heterocycles. The highest BCUT2D eigenvalue weighted by atomic mass is 15.2. The zero-order valence-corrected chi connectivity index (χ0v) is 9.45. The number of hydrogen-bond donors (Lipinski definition) is 0. The normalized spacial score (nSPS) is 14.9. The first-order valence-electron chi connectivity index (χ1n) is 5.55. The summed E-state index contributed by atoms with van der Waals surface area (Å²) in [6.45, 7) is 8.40. The fourth-order valence-corrected chi connectivity index (χ4v) is 1.65. The summed E-state index contributed by atoms with van der Waals surface area (Å²) in [5.41, 5.74) is 1.11. The van der Waals surface area contributed by atoms with Gasteiger partial charge in [0.1, 0.15) is 5.82 Å². The van der Waals surface area contributed by atoms with Crippen LogP contribution in [0.25, 0.3) is 0 Å². The third kappa shape index (κ3) is 2.72. The van der Waals surface area contributed by atoms with Crippen LogP contribution in [0.1, 0.15) is 32.4 Å². The van der Waals surface area contributed by atoms with Crippen molar-refractivity contribution in [3.63, 3.8) is 0 Å². The maximum atomic E-state index is 4.48. The van der Waals surface area contributed by atoms with E-state index in [2.05, 4.69) is 22.0 Å². The van der Waals surface area contributed by atoms with Gasteiger partial charge in [0.05, 0.1) is 0 Å². The van der Waals surface area contributed by atoms with Gasteiger partial charge in [-0.15, -0.1) is 0 Å². The second-order valence-corrected chi connectivity index (χ2v) is 3.33. The number of rotatable bonds is 1. The van der Waals surface area contributed by atoms with Crippen LogP contribution in [0.3, 0.4) is 0 Å². The summed E-state index contributed by atoms with van der Waals surface area (Å²) in [6, 6.07) is 6.22. The summed E-state index contributed by atoms with van der Waals surface area (Å²) in [6.07, 6.45) is 2.63. The van der Waals surface area contributed by atoms with Crippen molar-refractivity contribution in [2.75, 3.05) is 18.0 Å². The predicted molar refractivity (Wildman–Crippen MR) is 61.8 cm³/mol. The van der Waals surface area contributed by atoms with Crippen molar-refractivity contribution >= 4 is 5.82 Å². The molecule has 1 aromatic rings. The maximum Gasteiger partial charge on any atom is 0.128 e. The zero-order valence-electron chi connectivity index (χ0n) is 9.45. The lowest BCUT2D eigenvalue weighted by molar-refractivity contribution is 0.929. The minimum Gasteiger partial charge on any atom is -0.357 e. The molecule has 1 fully saturated rings. The molecule has 2 heteroatoms. The molecule has 2 rings (SSSR count). The quantitative estimate of drug-likeness (QED) is 0.680.